The van der Waals surface area contributed by atoms with Gasteiger partial charge in [-0.1, -0.05) is 6.07 Å². The lowest BCUT2D eigenvalue weighted by Crippen LogP contribution is -2.41. The van der Waals surface area contributed by atoms with Crippen LogP contribution in [0.2, 0.25) is 0 Å². The molecule has 2 aliphatic heterocycles. The second kappa shape index (κ2) is 5.57. The molecule has 0 aromatic heterocycles. The maximum absolute atomic E-state index is 6.21. The molecule has 0 N–H and O–H groups in total. The van der Waals surface area contributed by atoms with Gasteiger partial charge in [0.2, 0.25) is 0 Å². The van der Waals surface area contributed by atoms with Crippen LogP contribution in [-0.2, 0) is 9.31 Å². The first-order valence-electron chi connectivity index (χ1n) is 8.51. The number of rotatable bonds is 2. The molecule has 0 unspecified atom stereocenters. The summed E-state index contributed by atoms with van der Waals surface area (Å²) in [6.07, 6.45) is 3.94. The molecule has 1 aromatic carbocycles. The number of aryl methyl sites for hydroxylation is 1. The molecule has 1 aromatic rings. The molecular formula is C18H28BNO2. The van der Waals surface area contributed by atoms with Crippen LogP contribution < -0.4 is 10.4 Å². The maximum atomic E-state index is 6.21. The van der Waals surface area contributed by atoms with Gasteiger partial charge in [-0.2, -0.15) is 0 Å². The number of benzene rings is 1. The second-order valence-electron chi connectivity index (χ2n) is 7.74. The lowest BCUT2D eigenvalue weighted by atomic mass is 9.78. The van der Waals surface area contributed by atoms with Crippen LogP contribution >= 0.6 is 0 Å². The van der Waals surface area contributed by atoms with Gasteiger partial charge in [0.25, 0.3) is 0 Å². The van der Waals surface area contributed by atoms with Crippen molar-refractivity contribution in [3.8, 4) is 0 Å². The summed E-state index contributed by atoms with van der Waals surface area (Å²) in [6, 6.07) is 6.72. The molecule has 2 fully saturated rings. The Hall–Kier alpha value is -0.995. The molecule has 3 rings (SSSR count). The molecule has 22 heavy (non-hydrogen) atoms. The zero-order chi connectivity index (χ0) is 16.0. The summed E-state index contributed by atoms with van der Waals surface area (Å²) in [6.45, 7) is 12.9. The molecule has 0 saturated carbocycles. The minimum absolute atomic E-state index is 0.270. The highest BCUT2D eigenvalue weighted by Gasteiger charge is 2.51. The standard InChI is InChI=1S/C18H28BNO2/c1-14-11-15(19-21-17(2,3)18(4,5)22-19)13-16(12-14)20-9-7-6-8-10-20/h11-13H,6-10H2,1-5H3. The van der Waals surface area contributed by atoms with Crippen LogP contribution in [0.15, 0.2) is 18.2 Å². The lowest BCUT2D eigenvalue weighted by Gasteiger charge is -2.32. The van der Waals surface area contributed by atoms with Gasteiger partial charge in [-0.05, 0) is 77.0 Å². The molecule has 0 aliphatic carbocycles. The average Bonchev–Trinajstić information content (AvgIpc) is 2.68. The minimum atomic E-state index is -0.285. The van der Waals surface area contributed by atoms with Crippen molar-refractivity contribution in [2.75, 3.05) is 18.0 Å². The zero-order valence-electron chi connectivity index (χ0n) is 14.6. The molecule has 0 bridgehead atoms. The van der Waals surface area contributed by atoms with Gasteiger partial charge >= 0.3 is 7.12 Å². The van der Waals surface area contributed by atoms with E-state index in [1.165, 1.54) is 30.5 Å². The molecule has 3 nitrogen and oxygen atoms in total. The smallest absolute Gasteiger partial charge is 0.399 e. The van der Waals surface area contributed by atoms with Gasteiger partial charge in [-0.15, -0.1) is 0 Å². The maximum Gasteiger partial charge on any atom is 0.494 e. The molecule has 4 heteroatoms. The largest absolute Gasteiger partial charge is 0.494 e. The first-order chi connectivity index (χ1) is 10.3. The molecule has 2 aliphatic rings. The summed E-state index contributed by atoms with van der Waals surface area (Å²) < 4.78 is 12.4. The summed E-state index contributed by atoms with van der Waals surface area (Å²) in [7, 11) is -0.270. The lowest BCUT2D eigenvalue weighted by molar-refractivity contribution is 0.00578. The molecule has 0 atom stereocenters. The molecule has 2 saturated heterocycles. The van der Waals surface area contributed by atoms with Crippen LogP contribution in [0.4, 0.5) is 5.69 Å². The second-order valence-corrected chi connectivity index (χ2v) is 7.74. The Morgan fingerprint density at radius 2 is 1.50 bits per heavy atom. The third-order valence-electron chi connectivity index (χ3n) is 5.33. The highest BCUT2D eigenvalue weighted by Crippen LogP contribution is 2.36. The third-order valence-corrected chi connectivity index (χ3v) is 5.33. The van der Waals surface area contributed by atoms with E-state index in [9.17, 15) is 0 Å². The average molecular weight is 301 g/mol. The Balaban J connectivity index is 1.87. The van der Waals surface area contributed by atoms with E-state index >= 15 is 0 Å². The van der Waals surface area contributed by atoms with E-state index in [1.54, 1.807) is 0 Å². The van der Waals surface area contributed by atoms with Gasteiger partial charge in [-0.3, -0.25) is 0 Å². The fourth-order valence-corrected chi connectivity index (χ4v) is 3.24. The van der Waals surface area contributed by atoms with Gasteiger partial charge in [0.15, 0.2) is 0 Å². The number of hydrogen-bond acceptors (Lipinski definition) is 3. The summed E-state index contributed by atoms with van der Waals surface area (Å²) in [4.78, 5) is 2.49. The van der Waals surface area contributed by atoms with E-state index in [2.05, 4.69) is 57.7 Å². The Morgan fingerprint density at radius 1 is 0.909 bits per heavy atom. The van der Waals surface area contributed by atoms with Crippen LogP contribution in [0.25, 0.3) is 0 Å². The van der Waals surface area contributed by atoms with Crippen molar-refractivity contribution in [1.82, 2.24) is 0 Å². The highest BCUT2D eigenvalue weighted by atomic mass is 16.7. The van der Waals surface area contributed by atoms with Crippen molar-refractivity contribution in [1.29, 1.82) is 0 Å². The highest BCUT2D eigenvalue weighted by molar-refractivity contribution is 6.62. The van der Waals surface area contributed by atoms with E-state index in [0.29, 0.717) is 0 Å². The monoisotopic (exact) mass is 301 g/mol. The van der Waals surface area contributed by atoms with E-state index in [1.807, 2.05) is 0 Å². The normalized spacial score (nSPS) is 23.9. The number of piperidine rings is 1. The van der Waals surface area contributed by atoms with E-state index < -0.39 is 0 Å². The zero-order valence-corrected chi connectivity index (χ0v) is 14.6. The van der Waals surface area contributed by atoms with Crippen molar-refractivity contribution >= 4 is 18.3 Å². The van der Waals surface area contributed by atoms with Gasteiger partial charge in [0.05, 0.1) is 11.2 Å². The van der Waals surface area contributed by atoms with Crippen molar-refractivity contribution < 1.29 is 9.31 Å². The first-order valence-corrected chi connectivity index (χ1v) is 8.51. The first kappa shape index (κ1) is 15.9. The summed E-state index contributed by atoms with van der Waals surface area (Å²) in [5.41, 5.74) is 3.15. The Labute approximate surface area is 135 Å². The van der Waals surface area contributed by atoms with Crippen LogP contribution in [0.3, 0.4) is 0 Å². The molecule has 0 radical (unpaired) electrons. The van der Waals surface area contributed by atoms with Crippen LogP contribution in [0.1, 0.15) is 52.5 Å². The minimum Gasteiger partial charge on any atom is -0.399 e. The molecule has 0 spiro atoms. The van der Waals surface area contributed by atoms with Crippen molar-refractivity contribution in [2.24, 2.45) is 0 Å². The Kier molecular flexibility index (Phi) is 4.02. The molecule has 120 valence electrons. The number of anilines is 1. The van der Waals surface area contributed by atoms with Crippen molar-refractivity contribution in [2.45, 2.75) is 65.1 Å². The number of hydrogen-bond donors (Lipinski definition) is 0. The van der Waals surface area contributed by atoms with Crippen LogP contribution in [0.5, 0.6) is 0 Å². The van der Waals surface area contributed by atoms with E-state index in [0.717, 1.165) is 18.6 Å². The van der Waals surface area contributed by atoms with Crippen LogP contribution in [0, 0.1) is 6.92 Å². The fourth-order valence-electron chi connectivity index (χ4n) is 3.24. The van der Waals surface area contributed by atoms with Gasteiger partial charge in [0, 0.05) is 18.8 Å². The van der Waals surface area contributed by atoms with E-state index in [4.69, 9.17) is 9.31 Å². The fraction of sp³-hybridized carbons (Fsp3) is 0.667. The third kappa shape index (κ3) is 2.91. The molecule has 2 heterocycles. The van der Waals surface area contributed by atoms with Gasteiger partial charge in [-0.25, -0.2) is 0 Å². The van der Waals surface area contributed by atoms with Gasteiger partial charge in [0.1, 0.15) is 0 Å². The SMILES string of the molecule is Cc1cc(B2OC(C)(C)C(C)(C)O2)cc(N2CCCCC2)c1. The summed E-state index contributed by atoms with van der Waals surface area (Å²) in [5, 5.41) is 0. The number of nitrogens with zero attached hydrogens (tertiary/aromatic N) is 1. The summed E-state index contributed by atoms with van der Waals surface area (Å²) >= 11 is 0. The molecular weight excluding hydrogens is 273 g/mol. The van der Waals surface area contributed by atoms with E-state index in [-0.39, 0.29) is 18.3 Å². The summed E-state index contributed by atoms with van der Waals surface area (Å²) in [5.74, 6) is 0. The Morgan fingerprint density at radius 3 is 2.09 bits per heavy atom. The molecule has 0 amide bonds. The van der Waals surface area contributed by atoms with Crippen molar-refractivity contribution in [3.05, 3.63) is 23.8 Å². The van der Waals surface area contributed by atoms with Crippen LogP contribution in [-0.4, -0.2) is 31.4 Å². The van der Waals surface area contributed by atoms with Crippen molar-refractivity contribution in [3.63, 3.8) is 0 Å². The van der Waals surface area contributed by atoms with Gasteiger partial charge < -0.3 is 14.2 Å². The predicted molar refractivity (Wildman–Crippen MR) is 93.0 cm³/mol. The topological polar surface area (TPSA) is 21.7 Å². The predicted octanol–water partition coefficient (Wildman–Crippen LogP) is 3.28. The quantitative estimate of drug-likeness (QED) is 0.783. The Bertz CT molecular complexity index is 534.